The summed E-state index contributed by atoms with van der Waals surface area (Å²) in [5.74, 6) is -2.11. The minimum absolute atomic E-state index is 0.0470. The number of likely N-dealkylation sites (tertiary alicyclic amines) is 1. The van der Waals surface area contributed by atoms with E-state index in [2.05, 4.69) is 26.3 Å². The first-order chi connectivity index (χ1) is 19.8. The van der Waals surface area contributed by atoms with E-state index >= 15 is 0 Å². The van der Waals surface area contributed by atoms with Gasteiger partial charge in [0, 0.05) is 25.7 Å². The number of nitrogen functional groups attached to an aromatic ring is 1. The van der Waals surface area contributed by atoms with E-state index < -0.39 is 40.2 Å². The van der Waals surface area contributed by atoms with Crippen molar-refractivity contribution in [2.45, 2.75) is 51.6 Å². The van der Waals surface area contributed by atoms with Gasteiger partial charge in [0.2, 0.25) is 0 Å². The standard InChI is InChI=1S/C28H37FN8O5/c1-27(2,3)28(10-11-30)16-36(13-14-37(28)26(40)41)23-20(31)22(24(39)32-21-18(29)8-5-9-19(21)38)33-25(34-23)42-15-17-7-6-12-35(17)4/h5,8-9,17,38H,6-7,10,12-16,31H2,1-4H3,(H,32,39)(H,40,41)/t17-,28+/m0/s1. The molecular formula is C28H37FN8O5. The Hall–Kier alpha value is -4.38. The number of anilines is 3. The highest BCUT2D eigenvalue weighted by Crippen LogP contribution is 2.43. The largest absolute Gasteiger partial charge is 0.506 e. The first-order valence-electron chi connectivity index (χ1n) is 13.7. The number of carboxylic acid groups (broad SMARTS) is 1. The van der Waals surface area contributed by atoms with Crippen LogP contribution in [0, 0.1) is 22.6 Å². The topological polar surface area (TPSA) is 181 Å². The zero-order valence-electron chi connectivity index (χ0n) is 24.2. The van der Waals surface area contributed by atoms with E-state index in [4.69, 9.17) is 10.5 Å². The number of rotatable bonds is 7. The summed E-state index contributed by atoms with van der Waals surface area (Å²) in [4.78, 5) is 39.6. The molecule has 0 spiro atoms. The predicted octanol–water partition coefficient (Wildman–Crippen LogP) is 3.13. The van der Waals surface area contributed by atoms with Crippen LogP contribution in [0.2, 0.25) is 0 Å². The van der Waals surface area contributed by atoms with Gasteiger partial charge in [-0.2, -0.15) is 15.2 Å². The second-order valence-electron chi connectivity index (χ2n) is 11.7. The number of aromatic hydroxyl groups is 1. The summed E-state index contributed by atoms with van der Waals surface area (Å²) in [6, 6.07) is 5.73. The third-order valence-corrected chi connectivity index (χ3v) is 8.29. The number of hydrogen-bond acceptors (Lipinski definition) is 10. The number of halogens is 1. The number of phenols is 1. The number of phenolic OH excluding ortho intramolecular Hbond substituents is 1. The second kappa shape index (κ2) is 11.8. The quantitative estimate of drug-likeness (QED) is 0.351. The Morgan fingerprint density at radius 1 is 1.29 bits per heavy atom. The van der Waals surface area contributed by atoms with E-state index in [0.717, 1.165) is 25.5 Å². The first-order valence-corrected chi connectivity index (χ1v) is 13.7. The maximum atomic E-state index is 14.4. The molecular weight excluding hydrogens is 547 g/mol. The van der Waals surface area contributed by atoms with E-state index in [1.165, 1.54) is 17.0 Å². The van der Waals surface area contributed by atoms with Gasteiger partial charge in [-0.25, -0.2) is 9.18 Å². The van der Waals surface area contributed by atoms with Gasteiger partial charge >= 0.3 is 12.1 Å². The average molecular weight is 585 g/mol. The summed E-state index contributed by atoms with van der Waals surface area (Å²) in [5.41, 5.74) is 3.78. The molecule has 1 aromatic heterocycles. The van der Waals surface area contributed by atoms with E-state index in [1.807, 2.05) is 27.8 Å². The van der Waals surface area contributed by atoms with Gasteiger partial charge in [0.05, 0.1) is 18.0 Å². The van der Waals surface area contributed by atoms with E-state index in [9.17, 15) is 29.5 Å². The Labute approximate surface area is 243 Å². The molecule has 2 amide bonds. The van der Waals surface area contributed by atoms with Crippen LogP contribution >= 0.6 is 0 Å². The summed E-state index contributed by atoms with van der Waals surface area (Å²) in [6.45, 7) is 7.02. The number of carbonyl (C=O) groups is 2. The number of hydrogen-bond donors (Lipinski definition) is 4. The van der Waals surface area contributed by atoms with E-state index in [1.54, 1.807) is 4.90 Å². The molecule has 42 heavy (non-hydrogen) atoms. The molecule has 4 rings (SSSR count). The number of nitrogens with two attached hydrogens (primary N) is 1. The van der Waals surface area contributed by atoms with Crippen LogP contribution in [-0.2, 0) is 0 Å². The van der Waals surface area contributed by atoms with Crippen molar-refractivity contribution >= 4 is 29.2 Å². The number of nitrogens with zero attached hydrogens (tertiary/aromatic N) is 6. The van der Waals surface area contributed by atoms with Gasteiger partial charge in [-0.3, -0.25) is 9.69 Å². The molecule has 5 N–H and O–H groups in total. The molecule has 1 aromatic carbocycles. The van der Waals surface area contributed by atoms with Crippen LogP contribution < -0.4 is 20.7 Å². The van der Waals surface area contributed by atoms with Gasteiger partial charge in [0.25, 0.3) is 5.91 Å². The van der Waals surface area contributed by atoms with Crippen molar-refractivity contribution in [3.8, 4) is 17.8 Å². The molecule has 0 radical (unpaired) electrons. The van der Waals surface area contributed by atoms with Crippen LogP contribution in [0.1, 0.15) is 50.5 Å². The number of aromatic nitrogens is 2. The van der Waals surface area contributed by atoms with Gasteiger partial charge in [0.1, 0.15) is 23.7 Å². The molecule has 2 aliphatic rings. The predicted molar refractivity (Wildman–Crippen MR) is 153 cm³/mol. The normalized spacial score (nSPS) is 21.2. The van der Waals surface area contributed by atoms with Gasteiger partial charge < -0.3 is 35.8 Å². The molecule has 226 valence electrons. The third kappa shape index (κ3) is 5.82. The molecule has 2 fully saturated rings. The highest BCUT2D eigenvalue weighted by atomic mass is 19.1. The van der Waals surface area contributed by atoms with Crippen LogP contribution in [0.4, 0.5) is 26.4 Å². The van der Waals surface area contributed by atoms with Gasteiger partial charge in [-0.15, -0.1) is 0 Å². The zero-order valence-corrected chi connectivity index (χ0v) is 24.2. The van der Waals surface area contributed by atoms with Crippen molar-refractivity contribution in [2.75, 3.05) is 55.8 Å². The van der Waals surface area contributed by atoms with Crippen molar-refractivity contribution in [3.05, 3.63) is 29.7 Å². The summed E-state index contributed by atoms with van der Waals surface area (Å²) in [5, 5.41) is 32.2. The van der Waals surface area contributed by atoms with Crippen LogP contribution in [0.15, 0.2) is 18.2 Å². The number of nitrogens with one attached hydrogen (secondary N) is 1. The Balaban J connectivity index is 1.76. The number of amides is 2. The smallest absolute Gasteiger partial charge is 0.407 e. The number of carbonyl (C=O) groups excluding carboxylic acids is 1. The Bertz CT molecular complexity index is 1370. The zero-order chi connectivity index (χ0) is 30.8. The molecule has 2 atom stereocenters. The van der Waals surface area contributed by atoms with Gasteiger partial charge in [-0.1, -0.05) is 26.8 Å². The number of nitriles is 1. The highest BCUT2D eigenvalue weighted by molar-refractivity contribution is 6.08. The lowest BCUT2D eigenvalue weighted by Crippen LogP contribution is -2.69. The fourth-order valence-electron chi connectivity index (χ4n) is 5.65. The Kier molecular flexibility index (Phi) is 8.63. The summed E-state index contributed by atoms with van der Waals surface area (Å²) < 4.78 is 20.4. The molecule has 0 aliphatic carbocycles. The highest BCUT2D eigenvalue weighted by Gasteiger charge is 2.52. The number of likely N-dealkylation sites (N-methyl/N-ethyl adjacent to an activating group) is 1. The van der Waals surface area contributed by atoms with Crippen molar-refractivity contribution in [1.29, 1.82) is 5.26 Å². The lowest BCUT2D eigenvalue weighted by molar-refractivity contribution is -0.00282. The molecule has 2 aromatic rings. The van der Waals surface area contributed by atoms with E-state index in [-0.39, 0.29) is 61.9 Å². The van der Waals surface area contributed by atoms with Crippen molar-refractivity contribution < 1.29 is 28.9 Å². The average Bonchev–Trinajstić information content (AvgIpc) is 3.33. The SMILES string of the molecule is CN1CCC[C@H]1COc1nc(C(=O)Nc2c(O)cccc2F)c(N)c(N2CCN(C(=O)O)[C@@](CC#N)(C(C)(C)C)C2)n1. The molecule has 2 aliphatic heterocycles. The molecule has 0 saturated carbocycles. The number of piperazine rings is 1. The Morgan fingerprint density at radius 2 is 2.02 bits per heavy atom. The molecule has 0 unspecified atom stereocenters. The fourth-order valence-corrected chi connectivity index (χ4v) is 5.65. The van der Waals surface area contributed by atoms with Crippen molar-refractivity contribution in [3.63, 3.8) is 0 Å². The lowest BCUT2D eigenvalue weighted by Gasteiger charge is -2.55. The Morgan fingerprint density at radius 3 is 2.62 bits per heavy atom. The minimum Gasteiger partial charge on any atom is -0.506 e. The second-order valence-corrected chi connectivity index (χ2v) is 11.7. The molecule has 13 nitrogen and oxygen atoms in total. The molecule has 2 saturated heterocycles. The number of para-hydroxylation sites is 1. The monoisotopic (exact) mass is 584 g/mol. The minimum atomic E-state index is -1.15. The number of benzene rings is 1. The van der Waals surface area contributed by atoms with Crippen LogP contribution in [0.3, 0.4) is 0 Å². The van der Waals surface area contributed by atoms with Crippen LogP contribution in [0.25, 0.3) is 0 Å². The first kappa shape index (κ1) is 30.6. The molecule has 3 heterocycles. The summed E-state index contributed by atoms with van der Waals surface area (Å²) in [7, 11) is 1.99. The van der Waals surface area contributed by atoms with Gasteiger partial charge in [0.15, 0.2) is 17.3 Å². The van der Waals surface area contributed by atoms with Gasteiger partial charge in [-0.05, 0) is 44.0 Å². The molecule has 14 heteroatoms. The number of ether oxygens (including phenoxy) is 1. The van der Waals surface area contributed by atoms with Crippen molar-refractivity contribution in [2.24, 2.45) is 5.41 Å². The lowest BCUT2D eigenvalue weighted by atomic mass is 9.69. The van der Waals surface area contributed by atoms with Crippen LogP contribution in [-0.4, -0.2) is 93.4 Å². The maximum Gasteiger partial charge on any atom is 0.407 e. The van der Waals surface area contributed by atoms with Crippen LogP contribution in [0.5, 0.6) is 11.8 Å². The van der Waals surface area contributed by atoms with Crippen molar-refractivity contribution in [1.82, 2.24) is 19.8 Å². The third-order valence-electron chi connectivity index (χ3n) is 8.29. The summed E-state index contributed by atoms with van der Waals surface area (Å²) in [6.07, 6.45) is 0.684. The summed E-state index contributed by atoms with van der Waals surface area (Å²) >= 11 is 0. The van der Waals surface area contributed by atoms with E-state index in [0.29, 0.717) is 0 Å². The maximum absolute atomic E-state index is 14.4. The molecule has 0 bridgehead atoms. The fraction of sp³-hybridized carbons (Fsp3) is 0.536.